The second-order valence-electron chi connectivity index (χ2n) is 6.80. The molecule has 1 aliphatic heterocycles. The van der Waals surface area contributed by atoms with E-state index in [0.717, 1.165) is 6.42 Å². The van der Waals surface area contributed by atoms with E-state index in [4.69, 9.17) is 0 Å². The maximum Gasteiger partial charge on any atom is 0.391 e. The van der Waals surface area contributed by atoms with E-state index in [1.54, 1.807) is 28.9 Å². The number of anilines is 1. The first-order valence-corrected chi connectivity index (χ1v) is 8.48. The molecule has 24 heavy (non-hydrogen) atoms. The van der Waals surface area contributed by atoms with Crippen molar-refractivity contribution in [2.24, 2.45) is 13.0 Å². The smallest absolute Gasteiger partial charge is 0.303 e. The Balaban J connectivity index is 1.63. The third-order valence-corrected chi connectivity index (χ3v) is 4.99. The minimum absolute atomic E-state index is 0.0663. The topological polar surface area (TPSA) is 50.2 Å². The molecule has 1 aromatic rings. The van der Waals surface area contributed by atoms with Crippen LogP contribution >= 0.6 is 0 Å². The van der Waals surface area contributed by atoms with Gasteiger partial charge in [0, 0.05) is 31.9 Å². The monoisotopic (exact) mass is 344 g/mol. The molecule has 0 bridgehead atoms. The number of hydrogen-bond acceptors (Lipinski definition) is 3. The summed E-state index contributed by atoms with van der Waals surface area (Å²) in [6.45, 7) is 0.601. The molecule has 1 saturated carbocycles. The zero-order valence-corrected chi connectivity index (χ0v) is 13.7. The van der Waals surface area contributed by atoms with Crippen LogP contribution in [0.2, 0.25) is 0 Å². The van der Waals surface area contributed by atoms with Gasteiger partial charge in [-0.25, -0.2) is 0 Å². The molecule has 2 heterocycles. The molecule has 1 aromatic heterocycles. The maximum absolute atomic E-state index is 12.9. The number of aromatic nitrogens is 2. The van der Waals surface area contributed by atoms with Crippen molar-refractivity contribution in [2.75, 3.05) is 11.4 Å². The molecule has 3 rings (SSSR count). The summed E-state index contributed by atoms with van der Waals surface area (Å²) in [6.07, 6.45) is 0.611. The van der Waals surface area contributed by atoms with E-state index in [2.05, 4.69) is 10.4 Å². The average Bonchev–Trinajstić information content (AvgIpc) is 2.95. The van der Waals surface area contributed by atoms with Gasteiger partial charge in [-0.05, 0) is 32.1 Å². The van der Waals surface area contributed by atoms with Gasteiger partial charge < -0.3 is 5.32 Å². The van der Waals surface area contributed by atoms with Gasteiger partial charge >= 0.3 is 6.18 Å². The van der Waals surface area contributed by atoms with Crippen LogP contribution in [0.4, 0.5) is 19.0 Å². The average molecular weight is 344 g/mol. The van der Waals surface area contributed by atoms with E-state index in [0.29, 0.717) is 31.6 Å². The van der Waals surface area contributed by atoms with Gasteiger partial charge in [0.05, 0.1) is 12.0 Å². The molecule has 1 saturated heterocycles. The molecule has 0 aromatic carbocycles. The first-order valence-electron chi connectivity index (χ1n) is 8.48. The molecule has 3 atom stereocenters. The van der Waals surface area contributed by atoms with E-state index in [9.17, 15) is 18.0 Å². The van der Waals surface area contributed by atoms with Gasteiger partial charge in [-0.1, -0.05) is 6.42 Å². The van der Waals surface area contributed by atoms with Gasteiger partial charge in [-0.2, -0.15) is 18.3 Å². The molecule has 8 heteroatoms. The second kappa shape index (κ2) is 6.74. The highest BCUT2D eigenvalue weighted by molar-refractivity contribution is 5.97. The Morgan fingerprint density at radius 1 is 1.25 bits per heavy atom. The Morgan fingerprint density at radius 2 is 2.04 bits per heavy atom. The van der Waals surface area contributed by atoms with Crippen LogP contribution in [0.15, 0.2) is 12.3 Å². The Morgan fingerprint density at radius 3 is 2.71 bits per heavy atom. The number of alkyl halides is 3. The highest BCUT2D eigenvalue weighted by Gasteiger charge is 2.43. The molecule has 134 valence electrons. The number of amides is 1. The number of rotatable bonds is 3. The first-order chi connectivity index (χ1) is 11.3. The van der Waals surface area contributed by atoms with Crippen molar-refractivity contribution in [3.63, 3.8) is 0 Å². The largest absolute Gasteiger partial charge is 0.391 e. The number of nitrogens with one attached hydrogen (secondary N) is 1. The van der Waals surface area contributed by atoms with Crippen molar-refractivity contribution in [1.29, 1.82) is 0 Å². The summed E-state index contributed by atoms with van der Waals surface area (Å²) in [5.41, 5.74) is 0. The zero-order valence-electron chi connectivity index (χ0n) is 13.7. The highest BCUT2D eigenvalue weighted by Crippen LogP contribution is 2.37. The van der Waals surface area contributed by atoms with E-state index >= 15 is 0 Å². The van der Waals surface area contributed by atoms with E-state index in [1.165, 1.54) is 0 Å². The number of nitrogens with zero attached hydrogens (tertiary/aromatic N) is 3. The van der Waals surface area contributed by atoms with Crippen molar-refractivity contribution in [2.45, 2.75) is 56.8 Å². The highest BCUT2D eigenvalue weighted by atomic mass is 19.4. The summed E-state index contributed by atoms with van der Waals surface area (Å²) < 4.78 is 40.5. The van der Waals surface area contributed by atoms with Crippen LogP contribution < -0.4 is 10.2 Å². The van der Waals surface area contributed by atoms with Crippen molar-refractivity contribution in [1.82, 2.24) is 15.1 Å². The van der Waals surface area contributed by atoms with Gasteiger partial charge in [-0.15, -0.1) is 0 Å². The number of carbonyl (C=O) groups is 1. The summed E-state index contributed by atoms with van der Waals surface area (Å²) in [7, 11) is 1.78. The Labute approximate surface area is 139 Å². The number of piperidine rings is 1. The third-order valence-electron chi connectivity index (χ3n) is 4.99. The Bertz CT molecular complexity index is 586. The fourth-order valence-electron chi connectivity index (χ4n) is 3.73. The Kier molecular flexibility index (Phi) is 4.85. The summed E-state index contributed by atoms with van der Waals surface area (Å²) in [5, 5.41) is 7.45. The Hall–Kier alpha value is -1.57. The van der Waals surface area contributed by atoms with E-state index < -0.39 is 18.1 Å². The summed E-state index contributed by atoms with van der Waals surface area (Å²) in [5.74, 6) is -0.741. The molecule has 5 nitrogen and oxygen atoms in total. The van der Waals surface area contributed by atoms with Crippen LogP contribution in [-0.2, 0) is 11.8 Å². The van der Waals surface area contributed by atoms with Crippen molar-refractivity contribution < 1.29 is 18.0 Å². The van der Waals surface area contributed by atoms with Gasteiger partial charge in [0.15, 0.2) is 5.82 Å². The van der Waals surface area contributed by atoms with Crippen LogP contribution in [0, 0.1) is 5.92 Å². The quantitative estimate of drug-likeness (QED) is 0.917. The van der Waals surface area contributed by atoms with Gasteiger partial charge in [-0.3, -0.25) is 14.4 Å². The molecule has 1 amide bonds. The van der Waals surface area contributed by atoms with Crippen molar-refractivity contribution in [3.8, 4) is 0 Å². The van der Waals surface area contributed by atoms with Gasteiger partial charge in [0.2, 0.25) is 5.91 Å². The van der Waals surface area contributed by atoms with Gasteiger partial charge in [0.1, 0.15) is 0 Å². The van der Waals surface area contributed by atoms with Crippen LogP contribution in [0.3, 0.4) is 0 Å². The molecule has 1 N–H and O–H groups in total. The fourth-order valence-corrected chi connectivity index (χ4v) is 3.73. The predicted molar refractivity (Wildman–Crippen MR) is 83.5 cm³/mol. The number of carbonyl (C=O) groups excluding carboxylic acids is 1. The molecule has 1 aliphatic carbocycles. The molecular weight excluding hydrogens is 321 g/mol. The van der Waals surface area contributed by atoms with Crippen LogP contribution in [0.5, 0.6) is 0 Å². The number of halogens is 3. The fraction of sp³-hybridized carbons (Fsp3) is 0.750. The minimum Gasteiger partial charge on any atom is -0.303 e. The van der Waals surface area contributed by atoms with E-state index in [-0.39, 0.29) is 24.8 Å². The molecule has 0 radical (unpaired) electrons. The van der Waals surface area contributed by atoms with Crippen molar-refractivity contribution in [3.05, 3.63) is 12.3 Å². The minimum atomic E-state index is -4.14. The van der Waals surface area contributed by atoms with Crippen LogP contribution in [0.25, 0.3) is 0 Å². The van der Waals surface area contributed by atoms with E-state index in [1.807, 2.05) is 0 Å². The molecular formula is C16H23F3N4O. The lowest BCUT2D eigenvalue weighted by Crippen LogP contribution is -2.54. The molecule has 0 unspecified atom stereocenters. The lowest BCUT2D eigenvalue weighted by atomic mass is 9.84. The van der Waals surface area contributed by atoms with Crippen molar-refractivity contribution >= 4 is 11.7 Å². The van der Waals surface area contributed by atoms with Crippen LogP contribution in [0.1, 0.15) is 38.5 Å². The third kappa shape index (κ3) is 3.74. The predicted octanol–water partition coefficient (Wildman–Crippen LogP) is 2.63. The maximum atomic E-state index is 12.9. The van der Waals surface area contributed by atoms with Crippen LogP contribution in [-0.4, -0.2) is 40.5 Å². The second-order valence-corrected chi connectivity index (χ2v) is 6.80. The number of hydrogen-bond donors (Lipinski definition) is 1. The lowest BCUT2D eigenvalue weighted by molar-refractivity contribution is -0.183. The number of aryl methyl sites for hydroxylation is 1. The summed E-state index contributed by atoms with van der Waals surface area (Å²) in [4.78, 5) is 14.3. The SMILES string of the molecule is Cn1ccc(N2CCC[C@H](N[C@H]3CCC[C@@H](C(F)(F)F)C3)C2=O)n1. The normalized spacial score (nSPS) is 29.1. The lowest BCUT2D eigenvalue weighted by Gasteiger charge is -2.36. The first kappa shape index (κ1) is 17.3. The zero-order chi connectivity index (χ0) is 17.3. The molecule has 2 fully saturated rings. The van der Waals surface area contributed by atoms with Gasteiger partial charge in [0.25, 0.3) is 0 Å². The molecule has 2 aliphatic rings. The summed E-state index contributed by atoms with van der Waals surface area (Å²) >= 11 is 0. The summed E-state index contributed by atoms with van der Waals surface area (Å²) in [6, 6.07) is 1.11. The molecule has 0 spiro atoms. The standard InChI is InChI=1S/C16H23F3N4O/c1-22-9-7-14(21-22)23-8-3-6-13(15(23)24)20-12-5-2-4-11(10-12)16(17,18)19/h7,9,11-13,20H,2-6,8,10H2,1H3/t11-,12+,13+/m1/s1.